The van der Waals surface area contributed by atoms with Gasteiger partial charge in [-0.15, -0.1) is 0 Å². The van der Waals surface area contributed by atoms with Crippen LogP contribution in [0.15, 0.2) is 54.9 Å². The number of aryl methyl sites for hydroxylation is 2. The summed E-state index contributed by atoms with van der Waals surface area (Å²) in [6.45, 7) is 4.04. The SMILES string of the molecule is Cc1ccc(C(=O)N(Cc2cccnc2)c2nc3c(F)cc(F)cc3s2)c(C)c1. The fourth-order valence-electron chi connectivity index (χ4n) is 3.16. The van der Waals surface area contributed by atoms with Gasteiger partial charge in [0.05, 0.1) is 11.2 Å². The van der Waals surface area contributed by atoms with Crippen LogP contribution >= 0.6 is 11.3 Å². The number of benzene rings is 2. The maximum atomic E-state index is 14.2. The Morgan fingerprint density at radius 1 is 1.14 bits per heavy atom. The van der Waals surface area contributed by atoms with Gasteiger partial charge in [-0.05, 0) is 43.2 Å². The van der Waals surface area contributed by atoms with Crippen molar-refractivity contribution in [2.45, 2.75) is 20.4 Å². The summed E-state index contributed by atoms with van der Waals surface area (Å²) in [4.78, 5) is 23.3. The number of carbonyl (C=O) groups is 1. The quantitative estimate of drug-likeness (QED) is 0.451. The maximum Gasteiger partial charge on any atom is 0.260 e. The van der Waals surface area contributed by atoms with Gasteiger partial charge in [-0.2, -0.15) is 0 Å². The molecule has 146 valence electrons. The summed E-state index contributed by atoms with van der Waals surface area (Å²) in [5.74, 6) is -1.68. The number of hydrogen-bond donors (Lipinski definition) is 0. The largest absolute Gasteiger partial charge is 0.279 e. The predicted octanol–water partition coefficient (Wildman–Crippen LogP) is 5.43. The molecule has 0 aliphatic carbocycles. The number of anilines is 1. The van der Waals surface area contributed by atoms with E-state index in [1.807, 2.05) is 32.0 Å². The number of aromatic nitrogens is 2. The number of fused-ring (bicyclic) bond motifs is 1. The van der Waals surface area contributed by atoms with Crippen molar-refractivity contribution >= 4 is 32.6 Å². The number of carbonyl (C=O) groups excluding carboxylic acids is 1. The molecule has 0 aliphatic rings. The van der Waals surface area contributed by atoms with Crippen LogP contribution in [0.2, 0.25) is 0 Å². The topological polar surface area (TPSA) is 46.1 Å². The number of halogens is 2. The van der Waals surface area contributed by atoms with Crippen LogP contribution in [-0.2, 0) is 6.54 Å². The Bertz CT molecular complexity index is 1210. The molecule has 7 heteroatoms. The Kier molecular flexibility index (Phi) is 5.07. The smallest absolute Gasteiger partial charge is 0.260 e. The number of rotatable bonds is 4. The van der Waals surface area contributed by atoms with Crippen LogP contribution in [0.4, 0.5) is 13.9 Å². The van der Waals surface area contributed by atoms with Gasteiger partial charge in [-0.25, -0.2) is 13.8 Å². The second-order valence-electron chi connectivity index (χ2n) is 6.80. The van der Waals surface area contributed by atoms with Gasteiger partial charge in [0.1, 0.15) is 11.3 Å². The Labute approximate surface area is 170 Å². The molecule has 0 fully saturated rings. The van der Waals surface area contributed by atoms with E-state index in [9.17, 15) is 13.6 Å². The highest BCUT2D eigenvalue weighted by atomic mass is 32.1. The average Bonchev–Trinajstić information content (AvgIpc) is 3.10. The van der Waals surface area contributed by atoms with E-state index in [1.165, 1.54) is 11.0 Å². The third-order valence-electron chi connectivity index (χ3n) is 4.55. The zero-order chi connectivity index (χ0) is 20.5. The van der Waals surface area contributed by atoms with Gasteiger partial charge in [-0.3, -0.25) is 14.7 Å². The molecule has 0 unspecified atom stereocenters. The van der Waals surface area contributed by atoms with E-state index in [4.69, 9.17) is 0 Å². The maximum absolute atomic E-state index is 14.2. The summed E-state index contributed by atoms with van der Waals surface area (Å²) in [5.41, 5.74) is 3.28. The van der Waals surface area contributed by atoms with Crippen molar-refractivity contribution in [3.63, 3.8) is 0 Å². The first-order valence-electron chi connectivity index (χ1n) is 8.96. The summed E-state index contributed by atoms with van der Waals surface area (Å²) in [5, 5.41) is 0.304. The average molecular weight is 409 g/mol. The summed E-state index contributed by atoms with van der Waals surface area (Å²) in [7, 11) is 0. The minimum absolute atomic E-state index is 0.0519. The minimum atomic E-state index is -0.747. The summed E-state index contributed by atoms with van der Waals surface area (Å²) in [6, 6.07) is 11.2. The van der Waals surface area contributed by atoms with Crippen LogP contribution in [0.3, 0.4) is 0 Å². The second kappa shape index (κ2) is 7.67. The van der Waals surface area contributed by atoms with Crippen molar-refractivity contribution in [3.8, 4) is 0 Å². The molecule has 0 saturated heterocycles. The Hall–Kier alpha value is -3.19. The molecule has 0 aliphatic heterocycles. The van der Waals surface area contributed by atoms with E-state index in [-0.39, 0.29) is 18.0 Å². The molecular weight excluding hydrogens is 392 g/mol. The molecule has 0 atom stereocenters. The van der Waals surface area contributed by atoms with E-state index in [2.05, 4.69) is 9.97 Å². The fraction of sp³-hybridized carbons (Fsp3) is 0.136. The Balaban J connectivity index is 1.82. The zero-order valence-electron chi connectivity index (χ0n) is 15.8. The summed E-state index contributed by atoms with van der Waals surface area (Å²) < 4.78 is 28.1. The lowest BCUT2D eigenvalue weighted by Crippen LogP contribution is -2.31. The molecule has 0 bridgehead atoms. The molecular formula is C22H17F2N3OS. The third-order valence-corrected chi connectivity index (χ3v) is 5.58. The molecule has 4 aromatic rings. The first-order chi connectivity index (χ1) is 13.9. The van der Waals surface area contributed by atoms with Gasteiger partial charge in [0.25, 0.3) is 5.91 Å². The number of nitrogens with zero attached hydrogens (tertiary/aromatic N) is 3. The molecule has 2 heterocycles. The van der Waals surface area contributed by atoms with Gasteiger partial charge in [-0.1, -0.05) is 35.1 Å². The van der Waals surface area contributed by atoms with Crippen LogP contribution in [0.25, 0.3) is 10.2 Å². The highest BCUT2D eigenvalue weighted by Gasteiger charge is 2.24. The van der Waals surface area contributed by atoms with Gasteiger partial charge in [0.15, 0.2) is 10.9 Å². The monoisotopic (exact) mass is 409 g/mol. The lowest BCUT2D eigenvalue weighted by molar-refractivity contribution is 0.0984. The summed E-state index contributed by atoms with van der Waals surface area (Å²) >= 11 is 1.08. The number of pyridine rings is 1. The molecule has 4 rings (SSSR count). The van der Waals surface area contributed by atoms with Crippen molar-refractivity contribution < 1.29 is 13.6 Å². The Morgan fingerprint density at radius 2 is 1.97 bits per heavy atom. The molecule has 0 spiro atoms. The van der Waals surface area contributed by atoms with Crippen molar-refractivity contribution in [1.29, 1.82) is 0 Å². The van der Waals surface area contributed by atoms with Crippen LogP contribution < -0.4 is 4.90 Å². The minimum Gasteiger partial charge on any atom is -0.279 e. The van der Waals surface area contributed by atoms with E-state index in [0.717, 1.165) is 34.1 Å². The lowest BCUT2D eigenvalue weighted by atomic mass is 10.0. The standard InChI is InChI=1S/C22H17F2N3OS/c1-13-5-6-17(14(2)8-13)21(28)27(12-15-4-3-7-25-11-15)22-26-20-18(24)9-16(23)10-19(20)29-22/h3-11H,12H2,1-2H3. The number of amides is 1. The van der Waals surface area contributed by atoms with Crippen molar-refractivity contribution in [2.75, 3.05) is 4.90 Å². The fourth-order valence-corrected chi connectivity index (χ4v) is 4.16. The van der Waals surface area contributed by atoms with Crippen LogP contribution in [0.1, 0.15) is 27.0 Å². The molecule has 0 radical (unpaired) electrons. The van der Waals surface area contributed by atoms with Gasteiger partial charge in [0, 0.05) is 24.0 Å². The number of thiazole rings is 1. The lowest BCUT2D eigenvalue weighted by Gasteiger charge is -2.21. The predicted molar refractivity (Wildman–Crippen MR) is 110 cm³/mol. The van der Waals surface area contributed by atoms with E-state index in [0.29, 0.717) is 15.4 Å². The van der Waals surface area contributed by atoms with Crippen LogP contribution in [-0.4, -0.2) is 15.9 Å². The molecule has 2 aromatic heterocycles. The molecule has 1 amide bonds. The molecule has 0 N–H and O–H groups in total. The van der Waals surface area contributed by atoms with E-state index < -0.39 is 11.6 Å². The van der Waals surface area contributed by atoms with Gasteiger partial charge >= 0.3 is 0 Å². The normalized spacial score (nSPS) is 11.0. The molecule has 29 heavy (non-hydrogen) atoms. The van der Waals surface area contributed by atoms with E-state index in [1.54, 1.807) is 24.5 Å². The highest BCUT2D eigenvalue weighted by molar-refractivity contribution is 7.22. The molecule has 2 aromatic carbocycles. The van der Waals surface area contributed by atoms with Crippen molar-refractivity contribution in [2.24, 2.45) is 0 Å². The Morgan fingerprint density at radius 3 is 2.69 bits per heavy atom. The van der Waals surface area contributed by atoms with Crippen LogP contribution in [0, 0.1) is 25.5 Å². The molecule has 4 nitrogen and oxygen atoms in total. The van der Waals surface area contributed by atoms with E-state index >= 15 is 0 Å². The summed E-state index contributed by atoms with van der Waals surface area (Å²) in [6.07, 6.45) is 3.31. The highest BCUT2D eigenvalue weighted by Crippen LogP contribution is 2.33. The van der Waals surface area contributed by atoms with Crippen molar-refractivity contribution in [1.82, 2.24) is 9.97 Å². The molecule has 0 saturated carbocycles. The third kappa shape index (κ3) is 3.86. The second-order valence-corrected chi connectivity index (χ2v) is 7.81. The van der Waals surface area contributed by atoms with Crippen molar-refractivity contribution in [3.05, 3.63) is 88.7 Å². The zero-order valence-corrected chi connectivity index (χ0v) is 16.6. The van der Waals surface area contributed by atoms with Crippen LogP contribution in [0.5, 0.6) is 0 Å². The first-order valence-corrected chi connectivity index (χ1v) is 9.77. The number of hydrogen-bond acceptors (Lipinski definition) is 4. The first kappa shape index (κ1) is 19.1. The van der Waals surface area contributed by atoms with Gasteiger partial charge in [0.2, 0.25) is 0 Å². The van der Waals surface area contributed by atoms with Gasteiger partial charge < -0.3 is 0 Å².